The number of hydrogen-bond donors (Lipinski definition) is 1. The Labute approximate surface area is 98.7 Å². The first-order chi connectivity index (χ1) is 8.15. The highest BCUT2D eigenvalue weighted by Gasteiger charge is 2.31. The molecule has 1 aromatic heterocycles. The number of rotatable bonds is 3. The van der Waals surface area contributed by atoms with Crippen molar-refractivity contribution in [3.8, 4) is 0 Å². The highest BCUT2D eigenvalue weighted by Crippen LogP contribution is 2.34. The molecule has 0 spiro atoms. The number of nitrogens with two attached hydrogens (primary N) is 1. The smallest absolute Gasteiger partial charge is 0.330 e. The first-order valence-electron chi connectivity index (χ1n) is 5.65. The Bertz CT molecular complexity index is 418. The number of nitro groups is 1. The molecule has 0 radical (unpaired) electrons. The minimum absolute atomic E-state index is 0.00227. The lowest BCUT2D eigenvalue weighted by molar-refractivity contribution is -0.384. The van der Waals surface area contributed by atoms with Crippen molar-refractivity contribution in [1.82, 2.24) is 9.78 Å². The molecule has 7 heteroatoms. The summed E-state index contributed by atoms with van der Waals surface area (Å²) < 4.78 is 6.93. The van der Waals surface area contributed by atoms with Gasteiger partial charge in [-0.15, -0.1) is 0 Å². The van der Waals surface area contributed by atoms with Crippen molar-refractivity contribution in [2.45, 2.75) is 37.8 Å². The van der Waals surface area contributed by atoms with Crippen molar-refractivity contribution in [3.05, 3.63) is 16.3 Å². The van der Waals surface area contributed by atoms with Crippen LogP contribution in [-0.2, 0) is 4.74 Å². The molecule has 7 nitrogen and oxygen atoms in total. The van der Waals surface area contributed by atoms with Gasteiger partial charge in [-0.1, -0.05) is 12.8 Å². The van der Waals surface area contributed by atoms with E-state index in [1.807, 2.05) is 0 Å². The van der Waals surface area contributed by atoms with Crippen LogP contribution in [0.3, 0.4) is 0 Å². The highest BCUT2D eigenvalue weighted by atomic mass is 16.6. The average molecular weight is 240 g/mol. The zero-order valence-corrected chi connectivity index (χ0v) is 9.70. The largest absolute Gasteiger partial charge is 0.379 e. The number of hydrogen-bond acceptors (Lipinski definition) is 5. The Balaban J connectivity index is 2.29. The fraction of sp³-hybridized carbons (Fsp3) is 0.700. The molecule has 1 fully saturated rings. The van der Waals surface area contributed by atoms with E-state index in [0.29, 0.717) is 0 Å². The quantitative estimate of drug-likeness (QED) is 0.638. The summed E-state index contributed by atoms with van der Waals surface area (Å²) in [5.41, 5.74) is 5.62. The van der Waals surface area contributed by atoms with Crippen LogP contribution in [-0.4, -0.2) is 27.9 Å². The Kier molecular flexibility index (Phi) is 3.28. The van der Waals surface area contributed by atoms with Crippen LogP contribution in [0.5, 0.6) is 0 Å². The molecule has 1 saturated carbocycles. The van der Waals surface area contributed by atoms with E-state index in [-0.39, 0.29) is 23.7 Å². The standard InChI is InChI=1S/C10H16N4O3/c1-17-9-5-3-2-4-7(9)13-10(11)8(6-12-13)14(15)16/h6-7,9H,2-5,11H2,1H3. The van der Waals surface area contributed by atoms with Crippen LogP contribution in [0.4, 0.5) is 11.5 Å². The molecule has 1 aliphatic carbocycles. The Morgan fingerprint density at radius 2 is 2.29 bits per heavy atom. The zero-order chi connectivity index (χ0) is 12.4. The van der Waals surface area contributed by atoms with Crippen molar-refractivity contribution in [1.29, 1.82) is 0 Å². The molecule has 1 heterocycles. The van der Waals surface area contributed by atoms with Crippen LogP contribution in [0.2, 0.25) is 0 Å². The molecule has 0 bridgehead atoms. The number of methoxy groups -OCH3 is 1. The molecule has 2 unspecified atom stereocenters. The number of nitrogens with zero attached hydrogens (tertiary/aromatic N) is 3. The fourth-order valence-corrected chi connectivity index (χ4v) is 2.40. The van der Waals surface area contributed by atoms with Crippen LogP contribution in [0.25, 0.3) is 0 Å². The van der Waals surface area contributed by atoms with Gasteiger partial charge in [0.05, 0.1) is 17.1 Å². The van der Waals surface area contributed by atoms with Gasteiger partial charge in [-0.05, 0) is 12.8 Å². The lowest BCUT2D eigenvalue weighted by Crippen LogP contribution is -2.30. The van der Waals surface area contributed by atoms with Crippen molar-refractivity contribution < 1.29 is 9.66 Å². The van der Waals surface area contributed by atoms with Gasteiger partial charge in [0.2, 0.25) is 5.82 Å². The number of nitrogen functional groups attached to an aromatic ring is 1. The molecular formula is C10H16N4O3. The number of aromatic nitrogens is 2. The molecule has 2 atom stereocenters. The monoisotopic (exact) mass is 240 g/mol. The Hall–Kier alpha value is -1.63. The van der Waals surface area contributed by atoms with Gasteiger partial charge >= 0.3 is 5.69 Å². The van der Waals surface area contributed by atoms with Crippen molar-refractivity contribution in [3.63, 3.8) is 0 Å². The molecule has 0 saturated heterocycles. The molecule has 2 N–H and O–H groups in total. The molecule has 17 heavy (non-hydrogen) atoms. The predicted molar refractivity (Wildman–Crippen MR) is 61.6 cm³/mol. The van der Waals surface area contributed by atoms with Crippen LogP contribution in [0, 0.1) is 10.1 Å². The van der Waals surface area contributed by atoms with Crippen LogP contribution in [0.15, 0.2) is 6.20 Å². The third-order valence-corrected chi connectivity index (χ3v) is 3.29. The van der Waals surface area contributed by atoms with E-state index in [1.165, 1.54) is 10.9 Å². The van der Waals surface area contributed by atoms with Crippen LogP contribution >= 0.6 is 0 Å². The van der Waals surface area contributed by atoms with E-state index in [1.54, 1.807) is 7.11 Å². The maximum absolute atomic E-state index is 10.7. The summed E-state index contributed by atoms with van der Waals surface area (Å²) in [6, 6.07) is 0.00227. The second kappa shape index (κ2) is 4.70. The van der Waals surface area contributed by atoms with Gasteiger partial charge < -0.3 is 10.5 Å². The second-order valence-electron chi connectivity index (χ2n) is 4.24. The maximum Gasteiger partial charge on any atom is 0.330 e. The summed E-state index contributed by atoms with van der Waals surface area (Å²) in [6.45, 7) is 0. The molecule has 0 aliphatic heterocycles. The maximum atomic E-state index is 10.7. The first kappa shape index (κ1) is 11.8. The van der Waals surface area contributed by atoms with Gasteiger partial charge in [0.1, 0.15) is 6.20 Å². The Morgan fingerprint density at radius 3 is 2.88 bits per heavy atom. The highest BCUT2D eigenvalue weighted by molar-refractivity contribution is 5.51. The summed E-state index contributed by atoms with van der Waals surface area (Å²) in [5.74, 6) is 0.115. The average Bonchev–Trinajstić information content (AvgIpc) is 2.71. The van der Waals surface area contributed by atoms with Gasteiger partial charge in [-0.2, -0.15) is 5.10 Å². The minimum atomic E-state index is -0.510. The van der Waals surface area contributed by atoms with Crippen molar-refractivity contribution in [2.75, 3.05) is 12.8 Å². The van der Waals surface area contributed by atoms with Crippen LogP contribution < -0.4 is 5.73 Å². The molecular weight excluding hydrogens is 224 g/mol. The topological polar surface area (TPSA) is 96.2 Å². The van der Waals surface area contributed by atoms with E-state index in [2.05, 4.69) is 5.10 Å². The van der Waals surface area contributed by atoms with Gasteiger partial charge in [-0.3, -0.25) is 10.1 Å². The number of ether oxygens (including phenoxy) is 1. The molecule has 94 valence electrons. The normalized spacial score (nSPS) is 24.8. The van der Waals surface area contributed by atoms with Crippen molar-refractivity contribution in [2.24, 2.45) is 0 Å². The summed E-state index contributed by atoms with van der Waals surface area (Å²) in [5, 5.41) is 14.7. The van der Waals surface area contributed by atoms with Crippen LogP contribution in [0.1, 0.15) is 31.7 Å². The zero-order valence-electron chi connectivity index (χ0n) is 9.70. The molecule has 1 aromatic rings. The van der Waals surface area contributed by atoms with E-state index in [9.17, 15) is 10.1 Å². The summed E-state index contributed by atoms with van der Waals surface area (Å²) >= 11 is 0. The van der Waals surface area contributed by atoms with E-state index < -0.39 is 4.92 Å². The van der Waals surface area contributed by atoms with E-state index in [4.69, 9.17) is 10.5 Å². The SMILES string of the molecule is COC1CCCCC1n1ncc([N+](=O)[O-])c1N. The molecule has 0 amide bonds. The summed E-state index contributed by atoms with van der Waals surface area (Å²) in [4.78, 5) is 10.2. The second-order valence-corrected chi connectivity index (χ2v) is 4.24. The fourth-order valence-electron chi connectivity index (χ4n) is 2.40. The first-order valence-corrected chi connectivity index (χ1v) is 5.65. The van der Waals surface area contributed by atoms with E-state index in [0.717, 1.165) is 25.7 Å². The van der Waals surface area contributed by atoms with Gasteiger partial charge in [0.15, 0.2) is 0 Å². The molecule has 2 rings (SSSR count). The summed E-state index contributed by atoms with van der Waals surface area (Å²) in [6.07, 6.45) is 5.24. The third kappa shape index (κ3) is 2.10. The molecule has 1 aliphatic rings. The van der Waals surface area contributed by atoms with Gasteiger partial charge in [0, 0.05) is 7.11 Å². The van der Waals surface area contributed by atoms with Gasteiger partial charge in [0.25, 0.3) is 0 Å². The predicted octanol–water partition coefficient (Wildman–Crippen LogP) is 1.50. The van der Waals surface area contributed by atoms with E-state index >= 15 is 0 Å². The summed E-state index contributed by atoms with van der Waals surface area (Å²) in [7, 11) is 1.65. The van der Waals surface area contributed by atoms with Gasteiger partial charge in [-0.25, -0.2) is 4.68 Å². The lowest BCUT2D eigenvalue weighted by atomic mass is 9.92. The third-order valence-electron chi connectivity index (χ3n) is 3.29. The molecule has 0 aromatic carbocycles. The van der Waals surface area contributed by atoms with Crippen molar-refractivity contribution >= 4 is 11.5 Å². The minimum Gasteiger partial charge on any atom is -0.379 e. The lowest BCUT2D eigenvalue weighted by Gasteiger charge is -2.30. The Morgan fingerprint density at radius 1 is 1.59 bits per heavy atom. The number of anilines is 1.